The summed E-state index contributed by atoms with van der Waals surface area (Å²) in [6.07, 6.45) is 1.51. The molecule has 0 aliphatic carbocycles. The molecule has 30 heavy (non-hydrogen) atoms. The number of carbonyl (C=O) groups is 2. The first-order valence-corrected chi connectivity index (χ1v) is 11.1. The Labute approximate surface area is 179 Å². The van der Waals surface area contributed by atoms with Gasteiger partial charge in [0.05, 0.1) is 26.4 Å². The average molecular weight is 431 g/mol. The lowest BCUT2D eigenvalue weighted by Crippen LogP contribution is -2.47. The van der Waals surface area contributed by atoms with Gasteiger partial charge in [0.1, 0.15) is 10.6 Å². The van der Waals surface area contributed by atoms with Crippen molar-refractivity contribution in [2.45, 2.75) is 25.6 Å². The van der Waals surface area contributed by atoms with Crippen molar-refractivity contribution in [1.82, 2.24) is 4.90 Å². The van der Waals surface area contributed by atoms with Crippen LogP contribution in [0.15, 0.2) is 35.7 Å². The zero-order valence-corrected chi connectivity index (χ0v) is 17.8. The first-order valence-electron chi connectivity index (χ1n) is 10.2. The van der Waals surface area contributed by atoms with Gasteiger partial charge in [-0.15, -0.1) is 11.3 Å². The molecule has 160 valence electrons. The van der Waals surface area contributed by atoms with Crippen molar-refractivity contribution in [2.24, 2.45) is 0 Å². The van der Waals surface area contributed by atoms with Crippen molar-refractivity contribution in [2.75, 3.05) is 44.8 Å². The predicted octanol–water partition coefficient (Wildman–Crippen LogP) is 3.37. The van der Waals surface area contributed by atoms with Crippen LogP contribution in [0.1, 0.15) is 30.1 Å². The number of likely N-dealkylation sites (tertiary alicyclic amines) is 1. The van der Waals surface area contributed by atoms with Crippen molar-refractivity contribution < 1.29 is 23.8 Å². The van der Waals surface area contributed by atoms with E-state index in [0.717, 1.165) is 37.1 Å². The van der Waals surface area contributed by atoms with Crippen LogP contribution in [0.5, 0.6) is 0 Å². The largest absolute Gasteiger partial charge is 0.462 e. The Kier molecular flexibility index (Phi) is 6.48. The second-order valence-corrected chi connectivity index (χ2v) is 8.25. The zero-order chi connectivity index (χ0) is 21.0. The molecule has 1 amide bonds. The van der Waals surface area contributed by atoms with Crippen molar-refractivity contribution in [3.8, 4) is 11.1 Å². The van der Waals surface area contributed by atoms with Crippen LogP contribution in [0.2, 0.25) is 0 Å². The molecular formula is C22H26N2O5S. The third-order valence-corrected chi connectivity index (χ3v) is 6.30. The first-order chi connectivity index (χ1) is 14.6. The summed E-state index contributed by atoms with van der Waals surface area (Å²) in [4.78, 5) is 27.4. The topological polar surface area (TPSA) is 77.1 Å². The minimum absolute atomic E-state index is 0.147. The zero-order valence-electron chi connectivity index (χ0n) is 17.0. The predicted molar refractivity (Wildman–Crippen MR) is 115 cm³/mol. The Hall–Kier alpha value is -2.26. The molecular weight excluding hydrogens is 404 g/mol. The minimum atomic E-state index is -0.456. The maximum absolute atomic E-state index is 12.7. The van der Waals surface area contributed by atoms with Gasteiger partial charge >= 0.3 is 5.97 Å². The fourth-order valence-electron chi connectivity index (χ4n) is 3.89. The number of anilines is 1. The highest BCUT2D eigenvalue weighted by molar-refractivity contribution is 7.15. The van der Waals surface area contributed by atoms with E-state index >= 15 is 0 Å². The molecule has 1 aromatic carbocycles. The molecule has 2 aliphatic heterocycles. The summed E-state index contributed by atoms with van der Waals surface area (Å²) in [5.74, 6) is -1.03. The van der Waals surface area contributed by atoms with Crippen LogP contribution in [0.25, 0.3) is 11.1 Å². The number of carbonyl (C=O) groups excluding carboxylic acids is 2. The molecule has 2 aliphatic rings. The highest BCUT2D eigenvalue weighted by Gasteiger charge is 2.40. The summed E-state index contributed by atoms with van der Waals surface area (Å²) >= 11 is 1.34. The standard InChI is InChI=1S/C22H26N2O5S/c1-2-27-21(26)19-17(16-6-4-3-5-7-16)15-30-20(19)23-18(25)14-24-10-8-22(9-11-24)28-12-13-29-22/h3-7,15H,2,8-14H2,1H3,(H,23,25). The third kappa shape index (κ3) is 4.57. The monoisotopic (exact) mass is 430 g/mol. The average Bonchev–Trinajstić information content (AvgIpc) is 3.38. The van der Waals surface area contributed by atoms with Gasteiger partial charge < -0.3 is 19.5 Å². The third-order valence-electron chi connectivity index (χ3n) is 5.41. The number of piperidine rings is 1. The van der Waals surface area contributed by atoms with Crippen LogP contribution in [-0.4, -0.2) is 62.0 Å². The molecule has 0 radical (unpaired) electrons. The Balaban J connectivity index is 1.44. The number of esters is 1. The van der Waals surface area contributed by atoms with E-state index in [-0.39, 0.29) is 19.1 Å². The molecule has 2 fully saturated rings. The van der Waals surface area contributed by atoms with Crippen molar-refractivity contribution in [1.29, 1.82) is 0 Å². The van der Waals surface area contributed by atoms with E-state index in [0.29, 0.717) is 23.8 Å². The highest BCUT2D eigenvalue weighted by atomic mass is 32.1. The Morgan fingerprint density at radius 1 is 1.17 bits per heavy atom. The van der Waals surface area contributed by atoms with Crippen LogP contribution < -0.4 is 5.32 Å². The van der Waals surface area contributed by atoms with Gasteiger partial charge in [0, 0.05) is 36.9 Å². The summed E-state index contributed by atoms with van der Waals surface area (Å²) in [6, 6.07) is 9.63. The van der Waals surface area contributed by atoms with Gasteiger partial charge in [0.2, 0.25) is 5.91 Å². The van der Waals surface area contributed by atoms with Gasteiger partial charge in [-0.3, -0.25) is 9.69 Å². The summed E-state index contributed by atoms with van der Waals surface area (Å²) in [7, 11) is 0. The van der Waals surface area contributed by atoms with E-state index in [1.165, 1.54) is 11.3 Å². The van der Waals surface area contributed by atoms with Gasteiger partial charge in [-0.2, -0.15) is 0 Å². The molecule has 0 unspecified atom stereocenters. The lowest BCUT2D eigenvalue weighted by molar-refractivity contribution is -0.185. The smallest absolute Gasteiger partial charge is 0.341 e. The molecule has 3 heterocycles. The highest BCUT2D eigenvalue weighted by Crippen LogP contribution is 2.36. The maximum Gasteiger partial charge on any atom is 0.341 e. The normalized spacial score (nSPS) is 18.4. The second kappa shape index (κ2) is 9.26. The van der Waals surface area contributed by atoms with E-state index in [4.69, 9.17) is 14.2 Å². The molecule has 1 N–H and O–H groups in total. The van der Waals surface area contributed by atoms with E-state index in [9.17, 15) is 9.59 Å². The number of benzene rings is 1. The molecule has 1 aromatic heterocycles. The number of nitrogens with zero attached hydrogens (tertiary/aromatic N) is 1. The molecule has 0 atom stereocenters. The van der Waals surface area contributed by atoms with Gasteiger partial charge in [-0.05, 0) is 12.5 Å². The quantitative estimate of drug-likeness (QED) is 0.708. The number of hydrogen-bond acceptors (Lipinski definition) is 7. The molecule has 8 heteroatoms. The second-order valence-electron chi connectivity index (χ2n) is 7.37. The van der Waals surface area contributed by atoms with Gasteiger partial charge in [0.25, 0.3) is 0 Å². The van der Waals surface area contributed by atoms with Crippen molar-refractivity contribution >= 4 is 28.2 Å². The number of hydrogen-bond donors (Lipinski definition) is 1. The first kappa shape index (κ1) is 21.0. The summed E-state index contributed by atoms with van der Waals surface area (Å²) < 4.78 is 16.7. The van der Waals surface area contributed by atoms with E-state index in [1.54, 1.807) is 6.92 Å². The Bertz CT molecular complexity index is 882. The van der Waals surface area contributed by atoms with Crippen LogP contribution in [-0.2, 0) is 19.0 Å². The minimum Gasteiger partial charge on any atom is -0.462 e. The summed E-state index contributed by atoms with van der Waals surface area (Å²) in [6.45, 7) is 5.05. The van der Waals surface area contributed by atoms with E-state index in [2.05, 4.69) is 10.2 Å². The van der Waals surface area contributed by atoms with Crippen LogP contribution in [0, 0.1) is 0 Å². The van der Waals surface area contributed by atoms with Crippen molar-refractivity contribution in [3.63, 3.8) is 0 Å². The molecule has 2 aromatic rings. The maximum atomic E-state index is 12.7. The van der Waals surface area contributed by atoms with Crippen LogP contribution in [0.4, 0.5) is 5.00 Å². The number of nitrogens with one attached hydrogen (secondary N) is 1. The molecule has 4 rings (SSSR count). The summed E-state index contributed by atoms with van der Waals surface area (Å²) in [5.41, 5.74) is 2.09. The number of ether oxygens (including phenoxy) is 3. The molecule has 0 saturated carbocycles. The number of thiophene rings is 1. The summed E-state index contributed by atoms with van der Waals surface area (Å²) in [5, 5.41) is 5.33. The van der Waals surface area contributed by atoms with Gasteiger partial charge in [-0.25, -0.2) is 4.79 Å². The van der Waals surface area contributed by atoms with Crippen LogP contribution >= 0.6 is 11.3 Å². The fraction of sp³-hybridized carbons (Fsp3) is 0.455. The lowest BCUT2D eigenvalue weighted by Gasteiger charge is -2.37. The SMILES string of the molecule is CCOC(=O)c1c(-c2ccccc2)csc1NC(=O)CN1CCC2(CC1)OCCO2. The lowest BCUT2D eigenvalue weighted by atomic mass is 10.0. The molecule has 7 nitrogen and oxygen atoms in total. The number of rotatable bonds is 6. The van der Waals surface area contributed by atoms with E-state index in [1.807, 2.05) is 35.7 Å². The van der Waals surface area contributed by atoms with Crippen molar-refractivity contribution in [3.05, 3.63) is 41.3 Å². The molecule has 1 spiro atoms. The number of amides is 1. The molecule has 0 bridgehead atoms. The van der Waals surface area contributed by atoms with Gasteiger partial charge in [0.15, 0.2) is 5.79 Å². The van der Waals surface area contributed by atoms with Gasteiger partial charge in [-0.1, -0.05) is 30.3 Å². The Morgan fingerprint density at radius 3 is 2.53 bits per heavy atom. The fourth-order valence-corrected chi connectivity index (χ4v) is 4.87. The Morgan fingerprint density at radius 2 is 1.87 bits per heavy atom. The van der Waals surface area contributed by atoms with E-state index < -0.39 is 11.8 Å². The molecule has 2 saturated heterocycles. The van der Waals surface area contributed by atoms with Crippen LogP contribution in [0.3, 0.4) is 0 Å².